The monoisotopic (exact) mass is 271 g/mol. The van der Waals surface area contributed by atoms with Gasteiger partial charge in [0.1, 0.15) is 0 Å². The molecule has 0 aliphatic carbocycles. The largest absolute Gasteiger partial charge is 0.339 e. The van der Waals surface area contributed by atoms with Crippen molar-refractivity contribution in [2.45, 2.75) is 32.6 Å². The molecule has 1 aliphatic heterocycles. The number of piperidine rings is 1. The van der Waals surface area contributed by atoms with E-state index in [2.05, 4.69) is 46.6 Å². The second kappa shape index (κ2) is 6.18. The quantitative estimate of drug-likeness (QED) is 0.928. The summed E-state index contributed by atoms with van der Waals surface area (Å²) in [6, 6.07) is 8.42. The number of rotatable bonds is 4. The Balaban J connectivity index is 1.61. The molecule has 0 amide bonds. The zero-order chi connectivity index (χ0) is 13.8. The summed E-state index contributed by atoms with van der Waals surface area (Å²) in [6.07, 6.45) is 4.15. The molecule has 1 aromatic carbocycles. The number of aromatic nitrogens is 2. The number of hydrogen-bond acceptors (Lipinski definition) is 4. The van der Waals surface area contributed by atoms with E-state index in [-0.39, 0.29) is 0 Å². The molecule has 1 aliphatic rings. The van der Waals surface area contributed by atoms with Crippen molar-refractivity contribution >= 4 is 0 Å². The Hall–Kier alpha value is -1.68. The molecule has 0 bridgehead atoms. The van der Waals surface area contributed by atoms with E-state index in [4.69, 9.17) is 4.52 Å². The molecule has 3 rings (SSSR count). The van der Waals surface area contributed by atoms with Crippen LogP contribution >= 0.6 is 0 Å². The molecule has 2 heterocycles. The summed E-state index contributed by atoms with van der Waals surface area (Å²) >= 11 is 0. The highest BCUT2D eigenvalue weighted by Crippen LogP contribution is 2.16. The number of hydrogen-bond donors (Lipinski definition) is 1. The molecule has 0 radical (unpaired) electrons. The minimum atomic E-state index is 0.646. The van der Waals surface area contributed by atoms with E-state index in [0.717, 1.165) is 37.6 Å². The molecule has 1 unspecified atom stereocenters. The maximum absolute atomic E-state index is 5.37. The molecule has 0 saturated carbocycles. The summed E-state index contributed by atoms with van der Waals surface area (Å²) in [5.74, 6) is 2.21. The van der Waals surface area contributed by atoms with E-state index in [1.165, 1.54) is 24.0 Å². The SMILES string of the molecule is Cc1cccc(Cc2nc(CC3CCCNC3)no2)c1. The van der Waals surface area contributed by atoms with Gasteiger partial charge in [-0.2, -0.15) is 4.98 Å². The number of nitrogens with zero attached hydrogens (tertiary/aromatic N) is 2. The average molecular weight is 271 g/mol. The highest BCUT2D eigenvalue weighted by Gasteiger charge is 2.17. The van der Waals surface area contributed by atoms with Gasteiger partial charge in [-0.3, -0.25) is 0 Å². The van der Waals surface area contributed by atoms with Gasteiger partial charge in [-0.05, 0) is 44.3 Å². The van der Waals surface area contributed by atoms with Crippen molar-refractivity contribution in [1.82, 2.24) is 15.5 Å². The summed E-state index contributed by atoms with van der Waals surface area (Å²) in [6.45, 7) is 4.31. The predicted octanol–water partition coefficient (Wildman–Crippen LogP) is 2.51. The normalized spacial score (nSPS) is 19.1. The van der Waals surface area contributed by atoms with Crippen molar-refractivity contribution in [2.75, 3.05) is 13.1 Å². The summed E-state index contributed by atoms with van der Waals surface area (Å²) in [5.41, 5.74) is 2.48. The standard InChI is InChI=1S/C16H21N3O/c1-12-4-2-5-13(8-12)10-16-18-15(19-20-16)9-14-6-3-7-17-11-14/h2,4-5,8,14,17H,3,6-7,9-11H2,1H3. The van der Waals surface area contributed by atoms with Crippen LogP contribution in [-0.4, -0.2) is 23.2 Å². The molecule has 1 aromatic heterocycles. The second-order valence-corrected chi connectivity index (χ2v) is 5.69. The average Bonchev–Trinajstić information content (AvgIpc) is 2.87. The molecule has 1 N–H and O–H groups in total. The molecule has 4 heteroatoms. The van der Waals surface area contributed by atoms with Crippen LogP contribution in [0.3, 0.4) is 0 Å². The van der Waals surface area contributed by atoms with E-state index < -0.39 is 0 Å². The summed E-state index contributed by atoms with van der Waals surface area (Å²) < 4.78 is 5.37. The van der Waals surface area contributed by atoms with Crippen LogP contribution in [0.2, 0.25) is 0 Å². The minimum absolute atomic E-state index is 0.646. The summed E-state index contributed by atoms with van der Waals surface area (Å²) in [4.78, 5) is 4.52. The Morgan fingerprint density at radius 3 is 3.15 bits per heavy atom. The van der Waals surface area contributed by atoms with E-state index >= 15 is 0 Å². The fourth-order valence-corrected chi connectivity index (χ4v) is 2.80. The molecular weight excluding hydrogens is 250 g/mol. The first-order valence-electron chi connectivity index (χ1n) is 7.37. The van der Waals surface area contributed by atoms with Gasteiger partial charge in [0.15, 0.2) is 5.82 Å². The van der Waals surface area contributed by atoms with Gasteiger partial charge in [-0.25, -0.2) is 0 Å². The van der Waals surface area contributed by atoms with Gasteiger partial charge in [0.05, 0.1) is 6.42 Å². The van der Waals surface area contributed by atoms with E-state index in [9.17, 15) is 0 Å². The van der Waals surface area contributed by atoms with Gasteiger partial charge < -0.3 is 9.84 Å². The second-order valence-electron chi connectivity index (χ2n) is 5.69. The topological polar surface area (TPSA) is 51.0 Å². The van der Waals surface area contributed by atoms with Crippen molar-refractivity contribution < 1.29 is 4.52 Å². The van der Waals surface area contributed by atoms with Gasteiger partial charge in [0.2, 0.25) is 5.89 Å². The Labute approximate surface area is 119 Å². The Kier molecular flexibility index (Phi) is 4.11. The zero-order valence-electron chi connectivity index (χ0n) is 11.9. The third-order valence-corrected chi connectivity index (χ3v) is 3.82. The molecule has 1 atom stereocenters. The van der Waals surface area contributed by atoms with Gasteiger partial charge in [0, 0.05) is 6.42 Å². The van der Waals surface area contributed by atoms with Gasteiger partial charge >= 0.3 is 0 Å². The van der Waals surface area contributed by atoms with Gasteiger partial charge in [0.25, 0.3) is 0 Å². The van der Waals surface area contributed by atoms with E-state index in [0.29, 0.717) is 5.92 Å². The molecule has 0 spiro atoms. The third kappa shape index (κ3) is 3.45. The fourth-order valence-electron chi connectivity index (χ4n) is 2.80. The molecule has 1 saturated heterocycles. The predicted molar refractivity (Wildman–Crippen MR) is 77.6 cm³/mol. The lowest BCUT2D eigenvalue weighted by Gasteiger charge is -2.20. The molecule has 4 nitrogen and oxygen atoms in total. The lowest BCUT2D eigenvalue weighted by molar-refractivity contribution is 0.351. The Morgan fingerprint density at radius 2 is 2.35 bits per heavy atom. The van der Waals surface area contributed by atoms with E-state index in [1.807, 2.05) is 0 Å². The van der Waals surface area contributed by atoms with Crippen molar-refractivity contribution in [3.8, 4) is 0 Å². The molecule has 20 heavy (non-hydrogen) atoms. The third-order valence-electron chi connectivity index (χ3n) is 3.82. The van der Waals surface area contributed by atoms with Crippen LogP contribution in [0.4, 0.5) is 0 Å². The van der Waals surface area contributed by atoms with Crippen LogP contribution in [0.25, 0.3) is 0 Å². The first-order chi connectivity index (χ1) is 9.79. The van der Waals surface area contributed by atoms with Crippen molar-refractivity contribution in [2.24, 2.45) is 5.92 Å². The highest BCUT2D eigenvalue weighted by atomic mass is 16.5. The van der Waals surface area contributed by atoms with Crippen LogP contribution < -0.4 is 5.32 Å². The van der Waals surface area contributed by atoms with Crippen LogP contribution in [0.1, 0.15) is 35.7 Å². The first-order valence-corrected chi connectivity index (χ1v) is 7.37. The molecule has 106 valence electrons. The number of aryl methyl sites for hydroxylation is 1. The van der Waals surface area contributed by atoms with Crippen LogP contribution in [-0.2, 0) is 12.8 Å². The van der Waals surface area contributed by atoms with Crippen LogP contribution in [0, 0.1) is 12.8 Å². The molecule has 2 aromatic rings. The van der Waals surface area contributed by atoms with Crippen LogP contribution in [0.5, 0.6) is 0 Å². The van der Waals surface area contributed by atoms with Crippen LogP contribution in [0.15, 0.2) is 28.8 Å². The molecule has 1 fully saturated rings. The number of nitrogens with one attached hydrogen (secondary N) is 1. The Morgan fingerprint density at radius 1 is 1.40 bits per heavy atom. The van der Waals surface area contributed by atoms with E-state index in [1.54, 1.807) is 0 Å². The minimum Gasteiger partial charge on any atom is -0.339 e. The van der Waals surface area contributed by atoms with Crippen molar-refractivity contribution in [1.29, 1.82) is 0 Å². The maximum atomic E-state index is 5.37. The number of benzene rings is 1. The lowest BCUT2D eigenvalue weighted by Crippen LogP contribution is -2.31. The highest BCUT2D eigenvalue weighted by molar-refractivity contribution is 5.24. The summed E-state index contributed by atoms with van der Waals surface area (Å²) in [7, 11) is 0. The van der Waals surface area contributed by atoms with Crippen molar-refractivity contribution in [3.63, 3.8) is 0 Å². The smallest absolute Gasteiger partial charge is 0.231 e. The van der Waals surface area contributed by atoms with Gasteiger partial charge in [-0.1, -0.05) is 35.0 Å². The summed E-state index contributed by atoms with van der Waals surface area (Å²) in [5, 5.41) is 7.54. The Bertz CT molecular complexity index is 558. The molecular formula is C16H21N3O. The van der Waals surface area contributed by atoms with Gasteiger partial charge in [-0.15, -0.1) is 0 Å². The maximum Gasteiger partial charge on any atom is 0.231 e. The van der Waals surface area contributed by atoms with Crippen molar-refractivity contribution in [3.05, 3.63) is 47.1 Å². The fraction of sp³-hybridized carbons (Fsp3) is 0.500. The zero-order valence-corrected chi connectivity index (χ0v) is 11.9. The lowest BCUT2D eigenvalue weighted by atomic mass is 9.96. The first kappa shape index (κ1) is 13.3.